The van der Waals surface area contributed by atoms with Crippen LogP contribution in [-0.2, 0) is 97.7 Å². The summed E-state index contributed by atoms with van der Waals surface area (Å²) in [5.41, 5.74) is 4.18. The maximum absolute atomic E-state index is 10.5. The van der Waals surface area contributed by atoms with Gasteiger partial charge in [0.2, 0.25) is 0 Å². The summed E-state index contributed by atoms with van der Waals surface area (Å²) in [5, 5.41) is 0. The molecule has 2 radical (unpaired) electrons. The Labute approximate surface area is 246 Å². The molecule has 0 saturated heterocycles. The van der Waals surface area contributed by atoms with Crippen LogP contribution in [0, 0.1) is 38.8 Å². The van der Waals surface area contributed by atoms with Gasteiger partial charge in [-0.1, -0.05) is 13.8 Å². The van der Waals surface area contributed by atoms with Crippen molar-refractivity contribution in [2.75, 3.05) is 0 Å². The largest absolute Gasteiger partial charge is 0.474 e. The Balaban J connectivity index is -0.000000187. The van der Waals surface area contributed by atoms with Gasteiger partial charge in [-0.05, 0) is 0 Å². The molecule has 0 amide bonds. The van der Waals surface area contributed by atoms with Gasteiger partial charge in [0.05, 0.1) is 13.2 Å². The molecule has 4 nitrogen and oxygen atoms in total. The van der Waals surface area contributed by atoms with Gasteiger partial charge in [0, 0.05) is 79.3 Å². The topological polar surface area (TPSA) is 52.6 Å². The minimum atomic E-state index is -0.254. The van der Waals surface area contributed by atoms with E-state index in [0.717, 1.165) is 22.3 Å². The van der Waals surface area contributed by atoms with E-state index >= 15 is 0 Å². The molecule has 0 aliphatic rings. The van der Waals surface area contributed by atoms with E-state index in [9.17, 15) is 9.59 Å². The molecule has 174 valence electrons. The molecule has 0 fully saturated rings. The van der Waals surface area contributed by atoms with E-state index in [1.165, 1.54) is 13.8 Å². The first-order valence-electron chi connectivity index (χ1n) is 9.89. The SMILES string of the molecule is CC(=O)OCc1c[c-]c(C)cc1.CC(=O)OCc1c[c-]ccc1C.C[CH-]C.C[CH-]C.[Y].[Y]. The van der Waals surface area contributed by atoms with Crippen molar-refractivity contribution in [3.63, 3.8) is 0 Å². The number of hydrogen-bond acceptors (Lipinski definition) is 4. The van der Waals surface area contributed by atoms with E-state index in [-0.39, 0.29) is 77.4 Å². The molecule has 0 unspecified atom stereocenters. The number of ether oxygens (including phenoxy) is 2. The quantitative estimate of drug-likeness (QED) is 0.316. The summed E-state index contributed by atoms with van der Waals surface area (Å²) in [6, 6.07) is 17.3. The Bertz CT molecular complexity index is 699. The van der Waals surface area contributed by atoms with Gasteiger partial charge >= 0.3 is 11.9 Å². The van der Waals surface area contributed by atoms with Crippen molar-refractivity contribution < 1.29 is 84.5 Å². The van der Waals surface area contributed by atoms with Gasteiger partial charge < -0.3 is 22.3 Å². The number of esters is 2. The van der Waals surface area contributed by atoms with Crippen molar-refractivity contribution in [2.24, 2.45) is 0 Å². The van der Waals surface area contributed by atoms with Crippen LogP contribution >= 0.6 is 0 Å². The zero-order valence-corrected chi connectivity index (χ0v) is 26.5. The molecule has 0 heterocycles. The molecular formula is C26H36O4Y2-4. The average Bonchev–Trinajstić information content (AvgIpc) is 2.68. The maximum atomic E-state index is 10.5. The molecule has 2 rings (SSSR count). The third-order valence-corrected chi connectivity index (χ3v) is 3.10. The normalized spacial score (nSPS) is 8.25. The monoisotopic (exact) mass is 590 g/mol. The zero-order valence-electron chi connectivity index (χ0n) is 20.8. The second-order valence-corrected chi connectivity index (χ2v) is 6.45. The summed E-state index contributed by atoms with van der Waals surface area (Å²) in [6.07, 6.45) is 4.00. The van der Waals surface area contributed by atoms with Gasteiger partial charge in [-0.25, -0.2) is 0 Å². The third kappa shape index (κ3) is 25.8. The molecule has 0 aliphatic heterocycles. The molecule has 0 N–H and O–H groups in total. The third-order valence-electron chi connectivity index (χ3n) is 3.10. The summed E-state index contributed by atoms with van der Waals surface area (Å²) in [6.45, 7) is 15.4. The fourth-order valence-corrected chi connectivity index (χ4v) is 1.69. The Morgan fingerprint density at radius 1 is 0.844 bits per heavy atom. The van der Waals surface area contributed by atoms with Crippen molar-refractivity contribution in [3.05, 3.63) is 83.6 Å². The van der Waals surface area contributed by atoms with Crippen molar-refractivity contribution in [1.82, 2.24) is 0 Å². The van der Waals surface area contributed by atoms with Crippen LogP contribution in [0.2, 0.25) is 0 Å². The smallest absolute Gasteiger partial charge is 0.301 e. The number of carbonyl (C=O) groups excluding carboxylic acids is 2. The minimum absolute atomic E-state index is 0. The van der Waals surface area contributed by atoms with E-state index in [0.29, 0.717) is 13.2 Å². The van der Waals surface area contributed by atoms with Gasteiger partial charge in [0.15, 0.2) is 0 Å². The van der Waals surface area contributed by atoms with Gasteiger partial charge in [-0.2, -0.15) is 87.4 Å². The summed E-state index contributed by atoms with van der Waals surface area (Å²) in [5.74, 6) is -0.506. The van der Waals surface area contributed by atoms with Crippen LogP contribution in [0.5, 0.6) is 0 Å². The number of aryl methyl sites for hydroxylation is 2. The predicted molar refractivity (Wildman–Crippen MR) is 122 cm³/mol. The Kier molecular flexibility index (Phi) is 32.6. The van der Waals surface area contributed by atoms with Crippen LogP contribution in [-0.4, -0.2) is 11.9 Å². The van der Waals surface area contributed by atoms with E-state index < -0.39 is 0 Å². The standard InChI is InChI=1S/2C10H11O2.2C3H7.2Y/c1-8-3-5-10(6-4-8)7-12-9(2)11;1-8-5-3-4-6-10(8)7-12-9(2)11;2*1-3-2;;/h2*3,5-6H,7H2,1-2H3;2*3H,1-2H3;;/q4*-1;;. The van der Waals surface area contributed by atoms with Crippen LogP contribution in [0.3, 0.4) is 0 Å². The number of benzene rings is 2. The number of rotatable bonds is 4. The summed E-state index contributed by atoms with van der Waals surface area (Å²) >= 11 is 0. The Morgan fingerprint density at radius 2 is 1.34 bits per heavy atom. The predicted octanol–water partition coefficient (Wildman–Crippen LogP) is 6.17. The molecule has 6 heteroatoms. The number of carbonyl (C=O) groups is 2. The van der Waals surface area contributed by atoms with Crippen molar-refractivity contribution in [2.45, 2.75) is 68.6 Å². The van der Waals surface area contributed by atoms with Gasteiger partial charge in [-0.3, -0.25) is 9.59 Å². The fourth-order valence-electron chi connectivity index (χ4n) is 1.69. The molecule has 0 aliphatic carbocycles. The van der Waals surface area contributed by atoms with Crippen molar-refractivity contribution in [1.29, 1.82) is 0 Å². The van der Waals surface area contributed by atoms with Crippen LogP contribution < -0.4 is 0 Å². The molecule has 2 aromatic rings. The first-order valence-corrected chi connectivity index (χ1v) is 9.89. The zero-order chi connectivity index (χ0) is 23.4. The molecule has 0 bridgehead atoms. The maximum Gasteiger partial charge on any atom is 0.301 e. The molecule has 0 aromatic heterocycles. The van der Waals surface area contributed by atoms with Crippen LogP contribution in [0.25, 0.3) is 0 Å². The second kappa shape index (κ2) is 26.8. The van der Waals surface area contributed by atoms with Crippen molar-refractivity contribution >= 4 is 11.9 Å². The molecule has 0 atom stereocenters. The van der Waals surface area contributed by atoms with Gasteiger partial charge in [0.1, 0.15) is 0 Å². The van der Waals surface area contributed by atoms with Crippen LogP contribution in [0.15, 0.2) is 36.4 Å². The molecule has 0 saturated carbocycles. The minimum Gasteiger partial charge on any atom is -0.474 e. The molecule has 2 aromatic carbocycles. The molecule has 32 heavy (non-hydrogen) atoms. The van der Waals surface area contributed by atoms with E-state index in [1.54, 1.807) is 0 Å². The van der Waals surface area contributed by atoms with E-state index in [4.69, 9.17) is 9.47 Å². The molecule has 0 spiro atoms. The second-order valence-electron chi connectivity index (χ2n) is 6.45. The average molecular weight is 590 g/mol. The van der Waals surface area contributed by atoms with E-state index in [1.807, 2.05) is 90.8 Å². The summed E-state index contributed by atoms with van der Waals surface area (Å²) in [4.78, 5) is 20.9. The van der Waals surface area contributed by atoms with Gasteiger partial charge in [0.25, 0.3) is 0 Å². The Morgan fingerprint density at radius 3 is 1.75 bits per heavy atom. The van der Waals surface area contributed by atoms with Crippen LogP contribution in [0.4, 0.5) is 0 Å². The van der Waals surface area contributed by atoms with Crippen LogP contribution in [0.1, 0.15) is 63.8 Å². The number of hydrogen-bond donors (Lipinski definition) is 0. The first kappa shape index (κ1) is 38.8. The summed E-state index contributed by atoms with van der Waals surface area (Å²) < 4.78 is 9.66. The first-order chi connectivity index (χ1) is 14.2. The summed E-state index contributed by atoms with van der Waals surface area (Å²) in [7, 11) is 0. The van der Waals surface area contributed by atoms with Gasteiger partial charge in [-0.15, -0.1) is 11.1 Å². The fraction of sp³-hybridized carbons (Fsp3) is 0.385. The van der Waals surface area contributed by atoms with Crippen molar-refractivity contribution in [3.8, 4) is 0 Å². The Hall–Kier alpha value is -0.412. The molecular weight excluding hydrogens is 554 g/mol. The van der Waals surface area contributed by atoms with E-state index in [2.05, 4.69) is 12.1 Å².